The van der Waals surface area contributed by atoms with Crippen LogP contribution in [0.1, 0.15) is 18.4 Å². The zero-order valence-electron chi connectivity index (χ0n) is 13.4. The van der Waals surface area contributed by atoms with Gasteiger partial charge in [0.15, 0.2) is 5.78 Å². The van der Waals surface area contributed by atoms with E-state index in [1.54, 1.807) is 7.11 Å². The number of Topliss-reactive ketones (excluding diaryl/α,β-unsaturated/α-hetero) is 1. The molecule has 0 spiro atoms. The van der Waals surface area contributed by atoms with Crippen LogP contribution in [-0.4, -0.2) is 45.1 Å². The first-order valence-corrected chi connectivity index (χ1v) is 7.28. The van der Waals surface area contributed by atoms with Crippen LogP contribution >= 0.6 is 0 Å². The number of hydrogen-bond donors (Lipinski definition) is 2. The molecule has 2 N–H and O–H groups in total. The van der Waals surface area contributed by atoms with E-state index in [0.29, 0.717) is 13.0 Å². The van der Waals surface area contributed by atoms with Gasteiger partial charge in [-0.3, -0.25) is 9.59 Å². The molecule has 0 radical (unpaired) electrons. The van der Waals surface area contributed by atoms with Gasteiger partial charge in [0.25, 0.3) is 0 Å². The van der Waals surface area contributed by atoms with Crippen molar-refractivity contribution >= 4 is 17.8 Å². The molecule has 0 aliphatic heterocycles. The Morgan fingerprint density at radius 1 is 1.00 bits per heavy atom. The Labute approximate surface area is 135 Å². The minimum Gasteiger partial charge on any atom is -0.497 e. The molecule has 0 aromatic heterocycles. The molecule has 0 heterocycles. The van der Waals surface area contributed by atoms with Gasteiger partial charge >= 0.3 is 12.0 Å². The highest BCUT2D eigenvalue weighted by Crippen LogP contribution is 2.11. The molecule has 0 unspecified atom stereocenters. The number of carbonyl (C=O) groups excluding carboxylic acids is 3. The summed E-state index contributed by atoms with van der Waals surface area (Å²) in [5, 5.41) is 5.12. The van der Waals surface area contributed by atoms with Crippen LogP contribution < -0.4 is 15.4 Å². The average molecular weight is 322 g/mol. The van der Waals surface area contributed by atoms with Gasteiger partial charge in [-0.15, -0.1) is 0 Å². The monoisotopic (exact) mass is 322 g/mol. The molecular formula is C16H22N2O5. The number of esters is 1. The summed E-state index contributed by atoms with van der Waals surface area (Å²) >= 11 is 0. The highest BCUT2D eigenvalue weighted by atomic mass is 16.5. The standard InChI is InChI=1S/C16H22N2O5/c1-22-14-6-3-12(4-7-14)9-10-17-16(21)18-11-13(19)5-8-15(20)23-2/h3-4,6-7H,5,8-11H2,1-2H3,(H2,17,18,21). The molecule has 0 saturated carbocycles. The van der Waals surface area contributed by atoms with Gasteiger partial charge in [0, 0.05) is 13.0 Å². The fourth-order valence-electron chi connectivity index (χ4n) is 1.79. The van der Waals surface area contributed by atoms with Crippen LogP contribution in [0.5, 0.6) is 5.75 Å². The average Bonchev–Trinajstić information content (AvgIpc) is 2.58. The zero-order chi connectivity index (χ0) is 17.1. The lowest BCUT2D eigenvalue weighted by molar-refractivity contribution is -0.141. The van der Waals surface area contributed by atoms with Crippen LogP contribution in [0.25, 0.3) is 0 Å². The van der Waals surface area contributed by atoms with E-state index in [2.05, 4.69) is 15.4 Å². The molecule has 0 aliphatic rings. The summed E-state index contributed by atoms with van der Waals surface area (Å²) in [6.07, 6.45) is 0.753. The number of amides is 2. The third kappa shape index (κ3) is 7.85. The predicted molar refractivity (Wildman–Crippen MR) is 84.4 cm³/mol. The first-order valence-electron chi connectivity index (χ1n) is 7.28. The number of methoxy groups -OCH3 is 2. The smallest absolute Gasteiger partial charge is 0.315 e. The van der Waals surface area contributed by atoms with Crippen LogP contribution in [0.3, 0.4) is 0 Å². The largest absolute Gasteiger partial charge is 0.497 e. The quantitative estimate of drug-likeness (QED) is 0.663. The van der Waals surface area contributed by atoms with Gasteiger partial charge in [-0.1, -0.05) is 12.1 Å². The number of carbonyl (C=O) groups is 3. The van der Waals surface area contributed by atoms with Gasteiger partial charge in [0.2, 0.25) is 0 Å². The van der Waals surface area contributed by atoms with E-state index in [1.165, 1.54) is 7.11 Å². The number of ketones is 1. The van der Waals surface area contributed by atoms with Crippen molar-refractivity contribution < 1.29 is 23.9 Å². The number of rotatable bonds is 9. The van der Waals surface area contributed by atoms with E-state index in [9.17, 15) is 14.4 Å². The molecule has 2 amide bonds. The summed E-state index contributed by atoms with van der Waals surface area (Å²) < 4.78 is 9.50. The maximum Gasteiger partial charge on any atom is 0.315 e. The molecule has 7 heteroatoms. The van der Waals surface area contributed by atoms with Crippen molar-refractivity contribution in [2.45, 2.75) is 19.3 Å². The molecule has 0 atom stereocenters. The molecule has 0 fully saturated rings. The molecule has 126 valence electrons. The second kappa shape index (κ2) is 10.2. The van der Waals surface area contributed by atoms with Crippen LogP contribution in [0.4, 0.5) is 4.79 Å². The number of nitrogens with one attached hydrogen (secondary N) is 2. The van der Waals surface area contributed by atoms with E-state index in [4.69, 9.17) is 4.74 Å². The Bertz CT molecular complexity index is 528. The molecule has 23 heavy (non-hydrogen) atoms. The van der Waals surface area contributed by atoms with Crippen LogP contribution in [0.15, 0.2) is 24.3 Å². The van der Waals surface area contributed by atoms with Crippen molar-refractivity contribution in [2.75, 3.05) is 27.3 Å². The third-order valence-electron chi connectivity index (χ3n) is 3.14. The maximum atomic E-state index is 11.5. The van der Waals surface area contributed by atoms with E-state index >= 15 is 0 Å². The van der Waals surface area contributed by atoms with Crippen molar-refractivity contribution in [1.29, 1.82) is 0 Å². The molecule has 1 aromatic rings. The summed E-state index contributed by atoms with van der Waals surface area (Å²) in [7, 11) is 2.87. The number of hydrogen-bond acceptors (Lipinski definition) is 5. The molecule has 7 nitrogen and oxygen atoms in total. The molecular weight excluding hydrogens is 300 g/mol. The SMILES string of the molecule is COC(=O)CCC(=O)CNC(=O)NCCc1ccc(OC)cc1. The fourth-order valence-corrected chi connectivity index (χ4v) is 1.79. The molecule has 1 rings (SSSR count). The number of benzene rings is 1. The van der Waals surface area contributed by atoms with Crippen molar-refractivity contribution in [2.24, 2.45) is 0 Å². The molecule has 0 saturated heterocycles. The van der Waals surface area contributed by atoms with Crippen molar-refractivity contribution in [3.8, 4) is 5.75 Å². The normalized spacial score (nSPS) is 9.83. The van der Waals surface area contributed by atoms with Crippen molar-refractivity contribution in [3.05, 3.63) is 29.8 Å². The Morgan fingerprint density at radius 2 is 1.70 bits per heavy atom. The minimum absolute atomic E-state index is 0.0239. The number of urea groups is 1. The van der Waals surface area contributed by atoms with E-state index in [1.807, 2.05) is 24.3 Å². The van der Waals surface area contributed by atoms with E-state index in [0.717, 1.165) is 11.3 Å². The van der Waals surface area contributed by atoms with Gasteiger partial charge in [-0.2, -0.15) is 0 Å². The van der Waals surface area contributed by atoms with Gasteiger partial charge in [-0.05, 0) is 24.1 Å². The minimum atomic E-state index is -0.442. The lowest BCUT2D eigenvalue weighted by Crippen LogP contribution is -2.39. The Kier molecular flexibility index (Phi) is 8.20. The van der Waals surface area contributed by atoms with Crippen LogP contribution in [-0.2, 0) is 20.7 Å². The van der Waals surface area contributed by atoms with Crippen LogP contribution in [0, 0.1) is 0 Å². The van der Waals surface area contributed by atoms with Gasteiger partial charge in [-0.25, -0.2) is 4.79 Å². The summed E-state index contributed by atoms with van der Waals surface area (Å²) in [6.45, 7) is 0.347. The maximum absolute atomic E-state index is 11.5. The highest BCUT2D eigenvalue weighted by Gasteiger charge is 2.08. The lowest BCUT2D eigenvalue weighted by Gasteiger charge is -2.07. The van der Waals surface area contributed by atoms with E-state index in [-0.39, 0.29) is 25.2 Å². The van der Waals surface area contributed by atoms with Gasteiger partial charge < -0.3 is 20.1 Å². The van der Waals surface area contributed by atoms with Gasteiger partial charge in [0.05, 0.1) is 27.2 Å². The fraction of sp³-hybridized carbons (Fsp3) is 0.438. The predicted octanol–water partition coefficient (Wildman–Crippen LogP) is 1.06. The van der Waals surface area contributed by atoms with Crippen molar-refractivity contribution in [3.63, 3.8) is 0 Å². The van der Waals surface area contributed by atoms with Gasteiger partial charge in [0.1, 0.15) is 5.75 Å². The third-order valence-corrected chi connectivity index (χ3v) is 3.14. The lowest BCUT2D eigenvalue weighted by atomic mass is 10.1. The zero-order valence-corrected chi connectivity index (χ0v) is 13.4. The second-order valence-corrected chi connectivity index (χ2v) is 4.82. The first-order chi connectivity index (χ1) is 11.0. The molecule has 0 bridgehead atoms. The second-order valence-electron chi connectivity index (χ2n) is 4.82. The summed E-state index contributed by atoms with van der Waals surface area (Å²) in [5.74, 6) is 0.118. The Balaban J connectivity index is 2.16. The Hall–Kier alpha value is -2.57. The summed E-state index contributed by atoms with van der Waals surface area (Å²) in [5.41, 5.74) is 1.07. The van der Waals surface area contributed by atoms with Crippen LogP contribution in [0.2, 0.25) is 0 Å². The van der Waals surface area contributed by atoms with Crippen molar-refractivity contribution in [1.82, 2.24) is 10.6 Å². The summed E-state index contributed by atoms with van der Waals surface area (Å²) in [6, 6.07) is 7.15. The first kappa shape index (κ1) is 18.5. The Morgan fingerprint density at radius 3 is 2.30 bits per heavy atom. The highest BCUT2D eigenvalue weighted by molar-refractivity contribution is 5.87. The summed E-state index contributed by atoms with van der Waals surface area (Å²) in [4.78, 5) is 33.9. The topological polar surface area (TPSA) is 93.7 Å². The van der Waals surface area contributed by atoms with E-state index < -0.39 is 12.0 Å². The molecule has 0 aliphatic carbocycles. The number of ether oxygens (including phenoxy) is 2. The molecule has 1 aromatic carbocycles.